The quantitative estimate of drug-likeness (QED) is 0.438. The van der Waals surface area contributed by atoms with Gasteiger partial charge in [-0.3, -0.25) is 9.59 Å². The molecule has 0 bridgehead atoms. The minimum absolute atomic E-state index is 0.0302. The van der Waals surface area contributed by atoms with Crippen molar-refractivity contribution in [3.63, 3.8) is 0 Å². The van der Waals surface area contributed by atoms with Crippen molar-refractivity contribution >= 4 is 22.8 Å². The zero-order chi connectivity index (χ0) is 7.28. The summed E-state index contributed by atoms with van der Waals surface area (Å²) in [6.07, 6.45) is -0.0869. The topological polar surface area (TPSA) is 43.4 Å². The average molecular weight is 149 g/mol. The smallest absolute Gasteiger partial charge is 0.306 e. The van der Waals surface area contributed by atoms with Crippen LogP contribution < -0.4 is 0 Å². The second-order valence-corrected chi connectivity index (χ2v) is 1.77. The highest BCUT2D eigenvalue weighted by molar-refractivity contribution is 6.63. The number of hydrogen-bond acceptors (Lipinski definition) is 3. The number of esters is 1. The Morgan fingerprint density at radius 1 is 1.44 bits per heavy atom. The molecule has 0 aromatic heterocycles. The zero-order valence-electron chi connectivity index (χ0n) is 4.59. The van der Waals surface area contributed by atoms with E-state index in [1.54, 1.807) is 0 Å². The fourth-order valence-electron chi connectivity index (χ4n) is 0.259. The molecular weight excluding hydrogens is 144 g/mol. The first kappa shape index (κ1) is 8.43. The summed E-state index contributed by atoms with van der Waals surface area (Å²) in [5, 5.41) is -0.569. The minimum atomic E-state index is -0.635. The third-order valence-corrected chi connectivity index (χ3v) is 0.846. The Labute approximate surface area is 57.9 Å². The van der Waals surface area contributed by atoms with E-state index in [9.17, 15) is 9.59 Å². The molecule has 9 heavy (non-hydrogen) atoms. The highest BCUT2D eigenvalue weighted by Gasteiger charge is 2.02. The van der Waals surface area contributed by atoms with Gasteiger partial charge in [-0.15, -0.1) is 0 Å². The number of carbonyl (C=O) groups is 2. The molecule has 0 aliphatic heterocycles. The van der Waals surface area contributed by atoms with Crippen LogP contribution in [0.1, 0.15) is 12.8 Å². The van der Waals surface area contributed by atoms with Crippen LogP contribution in [0.5, 0.6) is 0 Å². The van der Waals surface area contributed by atoms with E-state index >= 15 is 0 Å². The monoisotopic (exact) mass is 148 g/mol. The van der Waals surface area contributed by atoms with Gasteiger partial charge in [0.05, 0.1) is 6.42 Å². The summed E-state index contributed by atoms with van der Waals surface area (Å²) in [4.78, 5) is 20.1. The lowest BCUT2D eigenvalue weighted by Crippen LogP contribution is -2.00. The van der Waals surface area contributed by atoms with E-state index in [0.29, 0.717) is 0 Å². The van der Waals surface area contributed by atoms with E-state index in [1.807, 2.05) is 0 Å². The normalized spacial score (nSPS) is 8.67. The van der Waals surface area contributed by atoms with Crippen molar-refractivity contribution in [1.82, 2.24) is 0 Å². The lowest BCUT2D eigenvalue weighted by Gasteiger charge is -1.91. The van der Waals surface area contributed by atoms with E-state index in [-0.39, 0.29) is 12.8 Å². The van der Waals surface area contributed by atoms with Crippen molar-refractivity contribution in [2.24, 2.45) is 0 Å². The summed E-state index contributed by atoms with van der Waals surface area (Å²) in [5.74, 6) is -0.635. The van der Waals surface area contributed by atoms with Gasteiger partial charge in [-0.25, -0.2) is 0 Å². The lowest BCUT2D eigenvalue weighted by atomic mass is 10.3. The molecule has 0 aromatic carbocycles. The van der Waals surface area contributed by atoms with Crippen LogP contribution in [0.25, 0.3) is 0 Å². The van der Waals surface area contributed by atoms with Crippen LogP contribution in [0.3, 0.4) is 0 Å². The first-order valence-corrected chi connectivity index (χ1v) is 2.62. The van der Waals surface area contributed by atoms with Gasteiger partial charge in [0.25, 0.3) is 0 Å². The summed E-state index contributed by atoms with van der Waals surface area (Å²) in [6, 6.07) is 0. The number of rotatable bonds is 3. The molecule has 0 saturated heterocycles. The maximum absolute atomic E-state index is 10.2. The molecule has 3 nitrogen and oxygen atoms in total. The number of halogens is 1. The summed E-state index contributed by atoms with van der Waals surface area (Å²) in [6.45, 7) is 0. The maximum atomic E-state index is 10.2. The summed E-state index contributed by atoms with van der Waals surface area (Å²) in [7, 11) is 4.45. The van der Waals surface area contributed by atoms with Gasteiger partial charge in [0.15, 0.2) is 7.11 Å². The molecule has 50 valence electrons. The van der Waals surface area contributed by atoms with Crippen LogP contribution in [0.15, 0.2) is 0 Å². The SMILES string of the molecule is [CH]OC(=O)CCC(=O)Cl. The number of carbonyl (C=O) groups excluding carboxylic acids is 2. The Balaban J connectivity index is 3.28. The van der Waals surface area contributed by atoms with Crippen molar-refractivity contribution in [2.45, 2.75) is 12.8 Å². The predicted octanol–water partition coefficient (Wildman–Crippen LogP) is 0.744. The van der Waals surface area contributed by atoms with Gasteiger partial charge < -0.3 is 4.74 Å². The van der Waals surface area contributed by atoms with Crippen LogP contribution >= 0.6 is 11.6 Å². The van der Waals surface area contributed by atoms with E-state index in [0.717, 1.165) is 0 Å². The fourth-order valence-corrected chi connectivity index (χ4v) is 0.354. The first-order chi connectivity index (χ1) is 4.16. The van der Waals surface area contributed by atoms with Gasteiger partial charge in [-0.05, 0) is 11.6 Å². The summed E-state index contributed by atoms with van der Waals surface area (Å²) < 4.78 is 3.75. The van der Waals surface area contributed by atoms with E-state index < -0.39 is 11.2 Å². The van der Waals surface area contributed by atoms with E-state index in [2.05, 4.69) is 11.8 Å². The first-order valence-electron chi connectivity index (χ1n) is 2.24. The van der Waals surface area contributed by atoms with Gasteiger partial charge >= 0.3 is 5.97 Å². The largest absolute Gasteiger partial charge is 0.454 e. The molecule has 0 atom stereocenters. The Bertz CT molecular complexity index is 121. The molecule has 2 radical (unpaired) electrons. The lowest BCUT2D eigenvalue weighted by molar-refractivity contribution is -0.139. The fraction of sp³-hybridized carbons (Fsp3) is 0.400. The van der Waals surface area contributed by atoms with Crippen LogP contribution in [-0.4, -0.2) is 11.2 Å². The highest BCUT2D eigenvalue weighted by Crippen LogP contribution is 1.95. The van der Waals surface area contributed by atoms with Crippen LogP contribution in [-0.2, 0) is 14.3 Å². The third-order valence-electron chi connectivity index (χ3n) is 0.657. The Morgan fingerprint density at radius 3 is 2.33 bits per heavy atom. The van der Waals surface area contributed by atoms with Crippen molar-refractivity contribution in [2.75, 3.05) is 0 Å². The van der Waals surface area contributed by atoms with E-state index in [4.69, 9.17) is 11.6 Å². The molecule has 0 unspecified atom stereocenters. The summed E-state index contributed by atoms with van der Waals surface area (Å²) >= 11 is 4.89. The summed E-state index contributed by atoms with van der Waals surface area (Å²) in [5.41, 5.74) is 0. The Kier molecular flexibility index (Phi) is 4.05. The second kappa shape index (κ2) is 4.32. The average Bonchev–Trinajstić information content (AvgIpc) is 1.83. The van der Waals surface area contributed by atoms with Gasteiger partial charge in [-0.1, -0.05) is 0 Å². The Morgan fingerprint density at radius 2 is 2.00 bits per heavy atom. The molecular formula is C5H5ClO3. The zero-order valence-corrected chi connectivity index (χ0v) is 5.35. The molecule has 0 N–H and O–H groups in total. The van der Waals surface area contributed by atoms with E-state index in [1.165, 1.54) is 0 Å². The number of hydrogen-bond donors (Lipinski definition) is 0. The molecule has 0 spiro atoms. The maximum Gasteiger partial charge on any atom is 0.306 e. The van der Waals surface area contributed by atoms with Crippen molar-refractivity contribution in [3.8, 4) is 0 Å². The molecule has 0 amide bonds. The van der Waals surface area contributed by atoms with Gasteiger partial charge in [0.2, 0.25) is 5.24 Å². The predicted molar refractivity (Wildman–Crippen MR) is 30.5 cm³/mol. The van der Waals surface area contributed by atoms with Gasteiger partial charge in [-0.2, -0.15) is 0 Å². The highest BCUT2D eigenvalue weighted by atomic mass is 35.5. The molecule has 0 aliphatic carbocycles. The number of ether oxygens (including phenoxy) is 1. The molecule has 0 aromatic rings. The molecule has 0 heterocycles. The van der Waals surface area contributed by atoms with Crippen molar-refractivity contribution < 1.29 is 14.3 Å². The van der Waals surface area contributed by atoms with Crippen molar-refractivity contribution in [3.05, 3.63) is 7.11 Å². The molecule has 4 heteroatoms. The molecule has 0 rings (SSSR count). The second-order valence-electron chi connectivity index (χ2n) is 1.34. The van der Waals surface area contributed by atoms with Crippen LogP contribution in [0.4, 0.5) is 0 Å². The molecule has 0 saturated carbocycles. The van der Waals surface area contributed by atoms with Crippen LogP contribution in [0, 0.1) is 7.11 Å². The van der Waals surface area contributed by atoms with Crippen molar-refractivity contribution in [1.29, 1.82) is 0 Å². The van der Waals surface area contributed by atoms with Gasteiger partial charge in [0, 0.05) is 6.42 Å². The third kappa shape index (κ3) is 5.30. The van der Waals surface area contributed by atoms with Gasteiger partial charge in [0.1, 0.15) is 0 Å². The van der Waals surface area contributed by atoms with Crippen LogP contribution in [0.2, 0.25) is 0 Å². The standard InChI is InChI=1S/C5H5ClO3/c1-9-5(8)3-2-4(6)7/h1H,2-3H2. The Hall–Kier alpha value is -0.570. The molecule has 0 fully saturated rings. The minimum Gasteiger partial charge on any atom is -0.454 e. The molecule has 0 aliphatic rings.